The maximum Gasteiger partial charge on any atom is 0.255 e. The van der Waals surface area contributed by atoms with Crippen molar-refractivity contribution < 1.29 is 9.53 Å². The van der Waals surface area contributed by atoms with E-state index in [4.69, 9.17) is 16.3 Å². The number of benzene rings is 4. The van der Waals surface area contributed by atoms with Crippen molar-refractivity contribution >= 4 is 35.0 Å². The van der Waals surface area contributed by atoms with Crippen LogP contribution in [-0.4, -0.2) is 5.91 Å². The van der Waals surface area contributed by atoms with Crippen molar-refractivity contribution in [3.05, 3.63) is 125 Å². The Morgan fingerprint density at radius 2 is 1.47 bits per heavy atom. The first-order valence-corrected chi connectivity index (χ1v) is 11.6. The van der Waals surface area contributed by atoms with Crippen LogP contribution in [0.5, 0.6) is 5.75 Å². The van der Waals surface area contributed by atoms with Gasteiger partial charge in [0.15, 0.2) is 0 Å². The molecule has 4 aromatic rings. The van der Waals surface area contributed by atoms with Gasteiger partial charge in [-0.05, 0) is 71.8 Å². The van der Waals surface area contributed by atoms with E-state index >= 15 is 0 Å². The molecular formula is C27H22ClNO2S. The summed E-state index contributed by atoms with van der Waals surface area (Å²) in [5.41, 5.74) is 3.61. The Hall–Kier alpha value is -3.21. The lowest BCUT2D eigenvalue weighted by molar-refractivity contribution is 0.102. The van der Waals surface area contributed by atoms with E-state index in [0.717, 1.165) is 38.2 Å². The average Bonchev–Trinajstić information content (AvgIpc) is 2.84. The second kappa shape index (κ2) is 10.9. The highest BCUT2D eigenvalue weighted by Crippen LogP contribution is 2.24. The quantitative estimate of drug-likeness (QED) is 0.278. The van der Waals surface area contributed by atoms with E-state index in [-0.39, 0.29) is 5.91 Å². The Morgan fingerprint density at radius 3 is 2.16 bits per heavy atom. The van der Waals surface area contributed by atoms with Gasteiger partial charge in [-0.25, -0.2) is 0 Å². The SMILES string of the molecule is O=C(Nc1ccc(OCc2ccccc2)cc1)c1ccc(CSc2ccc(Cl)cc2)cc1. The van der Waals surface area contributed by atoms with Crippen molar-refractivity contribution in [1.82, 2.24) is 0 Å². The summed E-state index contributed by atoms with van der Waals surface area (Å²) < 4.78 is 5.79. The smallest absolute Gasteiger partial charge is 0.255 e. The third-order valence-corrected chi connectivity index (χ3v) is 6.13. The number of rotatable bonds is 8. The molecule has 0 aromatic heterocycles. The van der Waals surface area contributed by atoms with Crippen LogP contribution >= 0.6 is 23.4 Å². The Balaban J connectivity index is 1.28. The first-order chi connectivity index (χ1) is 15.7. The second-order valence-corrected chi connectivity index (χ2v) is 8.68. The molecule has 0 spiro atoms. The molecule has 4 rings (SSSR count). The number of carbonyl (C=O) groups is 1. The molecule has 0 atom stereocenters. The number of halogens is 1. The molecule has 1 N–H and O–H groups in total. The average molecular weight is 460 g/mol. The normalized spacial score (nSPS) is 10.5. The topological polar surface area (TPSA) is 38.3 Å². The number of ether oxygens (including phenoxy) is 1. The fourth-order valence-electron chi connectivity index (χ4n) is 3.03. The van der Waals surface area contributed by atoms with Gasteiger partial charge in [0.1, 0.15) is 12.4 Å². The molecule has 0 radical (unpaired) electrons. The first kappa shape index (κ1) is 22.0. The number of anilines is 1. The van der Waals surface area contributed by atoms with Gasteiger partial charge in [-0.2, -0.15) is 0 Å². The number of nitrogens with one attached hydrogen (secondary N) is 1. The Morgan fingerprint density at radius 1 is 0.781 bits per heavy atom. The largest absolute Gasteiger partial charge is 0.489 e. The van der Waals surface area contributed by atoms with Crippen LogP contribution in [0.25, 0.3) is 0 Å². The molecule has 0 aliphatic heterocycles. The van der Waals surface area contributed by atoms with Crippen LogP contribution in [0.1, 0.15) is 21.5 Å². The fraction of sp³-hybridized carbons (Fsp3) is 0.0741. The highest BCUT2D eigenvalue weighted by Gasteiger charge is 2.07. The van der Waals surface area contributed by atoms with Crippen molar-refractivity contribution in [3.63, 3.8) is 0 Å². The highest BCUT2D eigenvalue weighted by atomic mass is 35.5. The maximum absolute atomic E-state index is 12.6. The third-order valence-electron chi connectivity index (χ3n) is 4.80. The summed E-state index contributed by atoms with van der Waals surface area (Å²) in [6, 6.07) is 32.9. The summed E-state index contributed by atoms with van der Waals surface area (Å²) >= 11 is 7.66. The van der Waals surface area contributed by atoms with Crippen LogP contribution in [0.4, 0.5) is 5.69 Å². The zero-order chi connectivity index (χ0) is 22.2. The number of thioether (sulfide) groups is 1. The van der Waals surface area contributed by atoms with Gasteiger partial charge in [0.05, 0.1) is 0 Å². The molecule has 5 heteroatoms. The van der Waals surface area contributed by atoms with Gasteiger partial charge in [-0.3, -0.25) is 4.79 Å². The van der Waals surface area contributed by atoms with Gasteiger partial charge in [0.25, 0.3) is 5.91 Å². The van der Waals surface area contributed by atoms with E-state index < -0.39 is 0 Å². The molecule has 0 fully saturated rings. The maximum atomic E-state index is 12.6. The predicted molar refractivity (Wildman–Crippen MR) is 133 cm³/mol. The molecule has 32 heavy (non-hydrogen) atoms. The van der Waals surface area contributed by atoms with Crippen molar-refractivity contribution in [2.45, 2.75) is 17.3 Å². The standard InChI is InChI=1S/C27H22ClNO2S/c28-23-10-16-26(17-11-23)32-19-21-6-8-22(9-7-21)27(30)29-24-12-14-25(15-13-24)31-18-20-4-2-1-3-5-20/h1-17H,18-19H2,(H,29,30). The molecule has 0 heterocycles. The van der Waals surface area contributed by atoms with Gasteiger partial charge >= 0.3 is 0 Å². The molecule has 3 nitrogen and oxygen atoms in total. The molecule has 0 saturated heterocycles. The third kappa shape index (κ3) is 6.39. The summed E-state index contributed by atoms with van der Waals surface area (Å²) in [7, 11) is 0. The molecule has 0 aliphatic rings. The predicted octanol–water partition coefficient (Wildman–Crippen LogP) is 7.46. The summed E-state index contributed by atoms with van der Waals surface area (Å²) in [4.78, 5) is 13.7. The number of hydrogen-bond acceptors (Lipinski definition) is 3. The lowest BCUT2D eigenvalue weighted by atomic mass is 10.1. The highest BCUT2D eigenvalue weighted by molar-refractivity contribution is 7.98. The van der Waals surface area contributed by atoms with Crippen LogP contribution in [-0.2, 0) is 12.4 Å². The molecule has 160 valence electrons. The Bertz CT molecular complexity index is 1150. The van der Waals surface area contributed by atoms with Crippen molar-refractivity contribution in [2.75, 3.05) is 5.32 Å². The minimum absolute atomic E-state index is 0.139. The van der Waals surface area contributed by atoms with E-state index in [1.807, 2.05) is 103 Å². The van der Waals surface area contributed by atoms with E-state index in [1.165, 1.54) is 0 Å². The van der Waals surface area contributed by atoms with Crippen LogP contribution in [0.3, 0.4) is 0 Å². The van der Waals surface area contributed by atoms with Gasteiger partial charge in [-0.15, -0.1) is 11.8 Å². The molecule has 4 aromatic carbocycles. The Labute approximate surface area is 197 Å². The van der Waals surface area contributed by atoms with Gasteiger partial charge in [0.2, 0.25) is 0 Å². The molecule has 1 amide bonds. The lowest BCUT2D eigenvalue weighted by Crippen LogP contribution is -2.11. The molecule has 0 saturated carbocycles. The van der Waals surface area contributed by atoms with E-state index in [2.05, 4.69) is 5.32 Å². The zero-order valence-corrected chi connectivity index (χ0v) is 18.9. The van der Waals surface area contributed by atoms with Crippen LogP contribution in [0.15, 0.2) is 108 Å². The van der Waals surface area contributed by atoms with E-state index in [1.54, 1.807) is 11.8 Å². The minimum Gasteiger partial charge on any atom is -0.489 e. The molecule has 0 bridgehead atoms. The van der Waals surface area contributed by atoms with Crippen LogP contribution in [0.2, 0.25) is 5.02 Å². The van der Waals surface area contributed by atoms with Gasteiger partial charge in [0, 0.05) is 26.9 Å². The summed E-state index contributed by atoms with van der Waals surface area (Å²) in [6.45, 7) is 0.509. The van der Waals surface area contributed by atoms with Crippen LogP contribution in [0, 0.1) is 0 Å². The van der Waals surface area contributed by atoms with Crippen molar-refractivity contribution in [2.24, 2.45) is 0 Å². The zero-order valence-electron chi connectivity index (χ0n) is 17.3. The summed E-state index contributed by atoms with van der Waals surface area (Å²) in [5, 5.41) is 3.66. The van der Waals surface area contributed by atoms with Gasteiger partial charge in [-0.1, -0.05) is 54.1 Å². The summed E-state index contributed by atoms with van der Waals surface area (Å²) in [5.74, 6) is 1.45. The second-order valence-electron chi connectivity index (χ2n) is 7.19. The fourth-order valence-corrected chi connectivity index (χ4v) is 4.01. The minimum atomic E-state index is -0.139. The Kier molecular flexibility index (Phi) is 7.49. The van der Waals surface area contributed by atoms with Crippen molar-refractivity contribution in [3.8, 4) is 5.75 Å². The molecular weight excluding hydrogens is 438 g/mol. The molecule has 0 unspecified atom stereocenters. The monoisotopic (exact) mass is 459 g/mol. The number of amides is 1. The summed E-state index contributed by atoms with van der Waals surface area (Å²) in [6.07, 6.45) is 0. The van der Waals surface area contributed by atoms with Gasteiger partial charge < -0.3 is 10.1 Å². The van der Waals surface area contributed by atoms with E-state index in [9.17, 15) is 4.79 Å². The van der Waals surface area contributed by atoms with Crippen LogP contribution < -0.4 is 10.1 Å². The number of hydrogen-bond donors (Lipinski definition) is 1. The van der Waals surface area contributed by atoms with Crippen molar-refractivity contribution in [1.29, 1.82) is 0 Å². The number of carbonyl (C=O) groups excluding carboxylic acids is 1. The lowest BCUT2D eigenvalue weighted by Gasteiger charge is -2.09. The molecule has 0 aliphatic carbocycles. The first-order valence-electron chi connectivity index (χ1n) is 10.2. The van der Waals surface area contributed by atoms with E-state index in [0.29, 0.717) is 12.2 Å².